The minimum Gasteiger partial charge on any atom is -0.383 e. The highest BCUT2D eigenvalue weighted by atomic mass is 35.5. The summed E-state index contributed by atoms with van der Waals surface area (Å²) in [5.74, 6) is -0.464. The molecule has 0 aliphatic carbocycles. The molecule has 0 bridgehead atoms. The number of nitrogens with zero attached hydrogens (tertiary/aromatic N) is 2. The van der Waals surface area contributed by atoms with Crippen molar-refractivity contribution in [3.8, 4) is 0 Å². The van der Waals surface area contributed by atoms with E-state index in [1.165, 1.54) is 31.9 Å². The van der Waals surface area contributed by atoms with Crippen LogP contribution in [0.25, 0.3) is 0 Å². The van der Waals surface area contributed by atoms with Gasteiger partial charge in [-0.05, 0) is 31.0 Å². The maximum absolute atomic E-state index is 12.5. The smallest absolute Gasteiger partial charge is 0.321 e. The van der Waals surface area contributed by atoms with Gasteiger partial charge in [0.05, 0.1) is 0 Å². The number of anilines is 3. The summed E-state index contributed by atoms with van der Waals surface area (Å²) in [6, 6.07) is 4.80. The highest BCUT2D eigenvalue weighted by Gasteiger charge is 2.15. The van der Waals surface area contributed by atoms with Crippen LogP contribution in [0.15, 0.2) is 24.4 Å². The Hall–Kier alpha value is -2.87. The summed E-state index contributed by atoms with van der Waals surface area (Å²) in [5.41, 5.74) is 7.31. The van der Waals surface area contributed by atoms with Crippen molar-refractivity contribution in [3.63, 3.8) is 0 Å². The molecule has 0 atom stereocenters. The zero-order valence-electron chi connectivity index (χ0n) is 17.4. The van der Waals surface area contributed by atoms with E-state index >= 15 is 0 Å². The molecular formula is C21H29ClN6O2. The molecule has 1 aromatic carbocycles. The summed E-state index contributed by atoms with van der Waals surface area (Å²) in [7, 11) is 0. The number of carbonyl (C=O) groups is 2. The van der Waals surface area contributed by atoms with Gasteiger partial charge in [0.1, 0.15) is 11.4 Å². The molecule has 162 valence electrons. The highest BCUT2D eigenvalue weighted by Crippen LogP contribution is 2.24. The number of benzene rings is 1. The van der Waals surface area contributed by atoms with Crippen LogP contribution in [0.4, 0.5) is 22.2 Å². The Morgan fingerprint density at radius 1 is 1.10 bits per heavy atom. The lowest BCUT2D eigenvalue weighted by atomic mass is 10.1. The van der Waals surface area contributed by atoms with Crippen LogP contribution in [0.3, 0.4) is 0 Å². The predicted molar refractivity (Wildman–Crippen MR) is 121 cm³/mol. The molecular weight excluding hydrogens is 404 g/mol. The van der Waals surface area contributed by atoms with Gasteiger partial charge in [0.2, 0.25) is 5.95 Å². The molecule has 0 aliphatic rings. The number of amides is 3. The molecule has 9 heteroatoms. The van der Waals surface area contributed by atoms with Gasteiger partial charge in [-0.2, -0.15) is 4.98 Å². The van der Waals surface area contributed by atoms with Gasteiger partial charge in [-0.1, -0.05) is 56.7 Å². The van der Waals surface area contributed by atoms with Crippen LogP contribution in [0.5, 0.6) is 0 Å². The number of nitrogen functional groups attached to an aromatic ring is 1. The van der Waals surface area contributed by atoms with Crippen LogP contribution in [-0.4, -0.2) is 28.5 Å². The molecule has 0 saturated heterocycles. The second-order valence-electron chi connectivity index (χ2n) is 7.01. The summed E-state index contributed by atoms with van der Waals surface area (Å²) in [5, 5.41) is 8.57. The molecule has 0 radical (unpaired) electrons. The van der Waals surface area contributed by atoms with E-state index in [1.54, 1.807) is 25.1 Å². The molecule has 30 heavy (non-hydrogen) atoms. The second-order valence-corrected chi connectivity index (χ2v) is 7.41. The third kappa shape index (κ3) is 7.18. The van der Waals surface area contributed by atoms with E-state index in [0.29, 0.717) is 17.3 Å². The van der Waals surface area contributed by atoms with Crippen LogP contribution in [0.1, 0.15) is 61.4 Å². The van der Waals surface area contributed by atoms with Gasteiger partial charge >= 0.3 is 6.03 Å². The quantitative estimate of drug-likeness (QED) is 0.403. The summed E-state index contributed by atoms with van der Waals surface area (Å²) in [6.45, 7) is 4.56. The van der Waals surface area contributed by atoms with Gasteiger partial charge in [0.25, 0.3) is 5.91 Å². The average molecular weight is 433 g/mol. The number of nitrogens with two attached hydrogens (primary N) is 1. The Morgan fingerprint density at radius 2 is 1.83 bits per heavy atom. The normalized spacial score (nSPS) is 10.5. The first-order chi connectivity index (χ1) is 14.4. The van der Waals surface area contributed by atoms with Gasteiger partial charge in [-0.25, -0.2) is 9.78 Å². The lowest BCUT2D eigenvalue weighted by Gasteiger charge is -2.11. The molecule has 0 saturated carbocycles. The standard InChI is InChI=1S/C21H29ClN6O2/c1-3-4-5-6-7-8-12-24-21(30)28-20-25-13-15(18(23)27-20)19(29)26-17-11-9-10-16(22)14(17)2/h9-11,13H,3-8,12H2,1-2H3,(H,26,29)(H4,23,24,25,27,28,30). The minimum atomic E-state index is -0.461. The Morgan fingerprint density at radius 3 is 2.57 bits per heavy atom. The third-order valence-electron chi connectivity index (χ3n) is 4.62. The topological polar surface area (TPSA) is 122 Å². The van der Waals surface area contributed by atoms with E-state index < -0.39 is 11.9 Å². The second kappa shape index (κ2) is 12.0. The van der Waals surface area contributed by atoms with Crippen LogP contribution < -0.4 is 21.7 Å². The summed E-state index contributed by atoms with van der Waals surface area (Å²) in [4.78, 5) is 32.5. The molecule has 1 aromatic heterocycles. The predicted octanol–water partition coefficient (Wildman–Crippen LogP) is 4.75. The fourth-order valence-electron chi connectivity index (χ4n) is 2.82. The minimum absolute atomic E-state index is 0.0310. The van der Waals surface area contributed by atoms with Crippen molar-refractivity contribution < 1.29 is 9.59 Å². The first-order valence-corrected chi connectivity index (χ1v) is 10.5. The van der Waals surface area contributed by atoms with Crippen molar-refractivity contribution in [1.82, 2.24) is 15.3 Å². The molecule has 2 rings (SSSR count). The lowest BCUT2D eigenvalue weighted by Crippen LogP contribution is -2.30. The summed E-state index contributed by atoms with van der Waals surface area (Å²) < 4.78 is 0. The number of hydrogen-bond acceptors (Lipinski definition) is 5. The number of halogens is 1. The third-order valence-corrected chi connectivity index (χ3v) is 5.03. The van der Waals surface area contributed by atoms with E-state index in [-0.39, 0.29) is 17.3 Å². The summed E-state index contributed by atoms with van der Waals surface area (Å²) in [6.07, 6.45) is 8.15. The fraction of sp³-hybridized carbons (Fsp3) is 0.429. The van der Waals surface area contributed by atoms with Crippen molar-refractivity contribution in [3.05, 3.63) is 40.5 Å². The van der Waals surface area contributed by atoms with Crippen molar-refractivity contribution >= 4 is 41.0 Å². The van der Waals surface area contributed by atoms with Crippen LogP contribution >= 0.6 is 11.6 Å². The number of unbranched alkanes of at least 4 members (excludes halogenated alkanes) is 5. The number of hydrogen-bond donors (Lipinski definition) is 4. The van der Waals surface area contributed by atoms with Gasteiger partial charge in [0.15, 0.2) is 0 Å². The zero-order chi connectivity index (χ0) is 21.9. The van der Waals surface area contributed by atoms with Crippen molar-refractivity contribution in [2.24, 2.45) is 0 Å². The monoisotopic (exact) mass is 432 g/mol. The van der Waals surface area contributed by atoms with Crippen LogP contribution in [0.2, 0.25) is 5.02 Å². The molecule has 0 aliphatic heterocycles. The molecule has 0 unspecified atom stereocenters. The number of aromatic nitrogens is 2. The SMILES string of the molecule is CCCCCCCCNC(=O)Nc1ncc(C(=O)Nc2cccc(Cl)c2C)c(N)n1. The van der Waals surface area contributed by atoms with E-state index in [9.17, 15) is 9.59 Å². The molecule has 2 aromatic rings. The van der Waals surface area contributed by atoms with Gasteiger partial charge in [0, 0.05) is 23.5 Å². The zero-order valence-corrected chi connectivity index (χ0v) is 18.2. The first-order valence-electron chi connectivity index (χ1n) is 10.2. The number of urea groups is 1. The number of nitrogens with one attached hydrogen (secondary N) is 3. The Kier molecular flexibility index (Phi) is 9.34. The van der Waals surface area contributed by atoms with Gasteiger partial charge in [-0.15, -0.1) is 0 Å². The van der Waals surface area contributed by atoms with Crippen molar-refractivity contribution in [1.29, 1.82) is 0 Å². The highest BCUT2D eigenvalue weighted by molar-refractivity contribution is 6.31. The number of carbonyl (C=O) groups excluding carboxylic acids is 2. The van der Waals surface area contributed by atoms with E-state index in [4.69, 9.17) is 17.3 Å². The van der Waals surface area contributed by atoms with Gasteiger partial charge in [-0.3, -0.25) is 10.1 Å². The Balaban J connectivity index is 1.85. The van der Waals surface area contributed by atoms with Crippen LogP contribution in [0, 0.1) is 6.92 Å². The van der Waals surface area contributed by atoms with Gasteiger partial charge < -0.3 is 16.4 Å². The molecule has 5 N–H and O–H groups in total. The summed E-state index contributed by atoms with van der Waals surface area (Å²) >= 11 is 6.07. The number of rotatable bonds is 10. The van der Waals surface area contributed by atoms with Crippen molar-refractivity contribution in [2.75, 3.05) is 22.9 Å². The average Bonchev–Trinajstić information content (AvgIpc) is 2.70. The molecule has 0 fully saturated rings. The molecule has 8 nitrogen and oxygen atoms in total. The first kappa shape index (κ1) is 23.4. The maximum Gasteiger partial charge on any atom is 0.321 e. The molecule has 1 heterocycles. The maximum atomic E-state index is 12.5. The lowest BCUT2D eigenvalue weighted by molar-refractivity contribution is 0.102. The van der Waals surface area contributed by atoms with E-state index in [2.05, 4.69) is 32.8 Å². The largest absolute Gasteiger partial charge is 0.383 e. The van der Waals surface area contributed by atoms with E-state index in [0.717, 1.165) is 18.4 Å². The van der Waals surface area contributed by atoms with Crippen LogP contribution in [-0.2, 0) is 0 Å². The van der Waals surface area contributed by atoms with Crippen molar-refractivity contribution in [2.45, 2.75) is 52.4 Å². The molecule has 3 amide bonds. The Bertz CT molecular complexity index is 875. The Labute approximate surface area is 182 Å². The van der Waals surface area contributed by atoms with E-state index in [1.807, 2.05) is 0 Å². The fourth-order valence-corrected chi connectivity index (χ4v) is 2.99. The molecule has 0 spiro atoms.